The van der Waals surface area contributed by atoms with Crippen molar-refractivity contribution < 1.29 is 0 Å². The molecule has 1 fully saturated rings. The molecule has 0 radical (unpaired) electrons. The van der Waals surface area contributed by atoms with E-state index in [2.05, 4.69) is 47.8 Å². The third-order valence-electron chi connectivity index (χ3n) is 3.39. The minimum Gasteiger partial charge on any atom is -0.310 e. The van der Waals surface area contributed by atoms with Gasteiger partial charge in [0.2, 0.25) is 0 Å². The van der Waals surface area contributed by atoms with E-state index in [9.17, 15) is 0 Å². The molecule has 1 aliphatic rings. The molecule has 1 heterocycles. The van der Waals surface area contributed by atoms with Crippen molar-refractivity contribution >= 4 is 0 Å². The largest absolute Gasteiger partial charge is 0.310 e. The molecule has 1 aliphatic carbocycles. The summed E-state index contributed by atoms with van der Waals surface area (Å²) >= 11 is 0. The SMILES string of the molecule is CCn1cc(-c2cccc(CNC3CC3)c2)cn1. The van der Waals surface area contributed by atoms with Crippen LogP contribution in [0, 0.1) is 0 Å². The molecule has 0 spiro atoms. The van der Waals surface area contributed by atoms with Gasteiger partial charge >= 0.3 is 0 Å². The van der Waals surface area contributed by atoms with Gasteiger partial charge in [-0.25, -0.2) is 0 Å². The lowest BCUT2D eigenvalue weighted by molar-refractivity contribution is 0.660. The van der Waals surface area contributed by atoms with Gasteiger partial charge in [0.15, 0.2) is 0 Å². The predicted molar refractivity (Wildman–Crippen MR) is 73.2 cm³/mol. The van der Waals surface area contributed by atoms with Gasteiger partial charge in [-0.15, -0.1) is 0 Å². The van der Waals surface area contributed by atoms with Crippen molar-refractivity contribution in [3.63, 3.8) is 0 Å². The predicted octanol–water partition coefficient (Wildman–Crippen LogP) is 2.82. The first-order chi connectivity index (χ1) is 8.85. The fourth-order valence-electron chi connectivity index (χ4n) is 2.10. The summed E-state index contributed by atoms with van der Waals surface area (Å²) in [6, 6.07) is 9.48. The van der Waals surface area contributed by atoms with Crippen molar-refractivity contribution in [1.82, 2.24) is 15.1 Å². The molecule has 0 bridgehead atoms. The average Bonchev–Trinajstić information content (AvgIpc) is 3.12. The highest BCUT2D eigenvalue weighted by atomic mass is 15.3. The Hall–Kier alpha value is -1.61. The Bertz CT molecular complexity index is 526. The van der Waals surface area contributed by atoms with Gasteiger partial charge in [-0.3, -0.25) is 4.68 Å². The number of hydrogen-bond donors (Lipinski definition) is 1. The normalized spacial score (nSPS) is 14.9. The zero-order valence-corrected chi connectivity index (χ0v) is 10.8. The molecule has 1 N–H and O–H groups in total. The molecule has 3 rings (SSSR count). The van der Waals surface area contributed by atoms with Gasteiger partial charge < -0.3 is 5.32 Å². The Morgan fingerprint density at radius 3 is 2.94 bits per heavy atom. The number of benzene rings is 1. The van der Waals surface area contributed by atoms with Gasteiger partial charge in [-0.2, -0.15) is 5.10 Å². The summed E-state index contributed by atoms with van der Waals surface area (Å²) in [6.45, 7) is 4.00. The number of nitrogens with one attached hydrogen (secondary N) is 1. The zero-order valence-electron chi connectivity index (χ0n) is 10.8. The Kier molecular flexibility index (Phi) is 3.15. The van der Waals surface area contributed by atoms with Crippen molar-refractivity contribution in [3.8, 4) is 11.1 Å². The van der Waals surface area contributed by atoms with Crippen molar-refractivity contribution in [2.24, 2.45) is 0 Å². The summed E-state index contributed by atoms with van der Waals surface area (Å²) in [5.74, 6) is 0. The van der Waals surface area contributed by atoms with E-state index in [1.54, 1.807) is 0 Å². The van der Waals surface area contributed by atoms with Crippen LogP contribution in [0.3, 0.4) is 0 Å². The second kappa shape index (κ2) is 4.94. The summed E-state index contributed by atoms with van der Waals surface area (Å²) in [4.78, 5) is 0. The number of nitrogens with zero attached hydrogens (tertiary/aromatic N) is 2. The number of hydrogen-bond acceptors (Lipinski definition) is 2. The minimum atomic E-state index is 0.761. The molecule has 3 heteroatoms. The Morgan fingerprint density at radius 2 is 2.22 bits per heavy atom. The average molecular weight is 241 g/mol. The third kappa shape index (κ3) is 2.62. The zero-order chi connectivity index (χ0) is 12.4. The maximum Gasteiger partial charge on any atom is 0.0568 e. The van der Waals surface area contributed by atoms with Gasteiger partial charge in [0.05, 0.1) is 6.20 Å². The Morgan fingerprint density at radius 1 is 1.33 bits per heavy atom. The first-order valence-electron chi connectivity index (χ1n) is 6.70. The lowest BCUT2D eigenvalue weighted by atomic mass is 10.1. The molecular weight excluding hydrogens is 222 g/mol. The monoisotopic (exact) mass is 241 g/mol. The van der Waals surface area contributed by atoms with Crippen LogP contribution in [-0.4, -0.2) is 15.8 Å². The van der Waals surface area contributed by atoms with Gasteiger partial charge in [-0.05, 0) is 37.0 Å². The van der Waals surface area contributed by atoms with E-state index in [0.717, 1.165) is 19.1 Å². The van der Waals surface area contributed by atoms with Crippen LogP contribution >= 0.6 is 0 Å². The lowest BCUT2D eigenvalue weighted by Gasteiger charge is -2.05. The van der Waals surface area contributed by atoms with E-state index in [4.69, 9.17) is 0 Å². The fourth-order valence-corrected chi connectivity index (χ4v) is 2.10. The Balaban J connectivity index is 1.76. The highest BCUT2D eigenvalue weighted by Gasteiger charge is 2.19. The summed E-state index contributed by atoms with van der Waals surface area (Å²) < 4.78 is 1.96. The van der Waals surface area contributed by atoms with E-state index >= 15 is 0 Å². The highest BCUT2D eigenvalue weighted by Crippen LogP contribution is 2.22. The van der Waals surface area contributed by atoms with Crippen LogP contribution in [0.1, 0.15) is 25.3 Å². The minimum absolute atomic E-state index is 0.761. The molecule has 0 aliphatic heterocycles. The first-order valence-corrected chi connectivity index (χ1v) is 6.70. The lowest BCUT2D eigenvalue weighted by Crippen LogP contribution is -2.15. The molecule has 1 aromatic carbocycles. The molecule has 0 unspecified atom stereocenters. The van der Waals surface area contributed by atoms with Crippen molar-refractivity contribution in [3.05, 3.63) is 42.2 Å². The maximum absolute atomic E-state index is 4.33. The molecule has 18 heavy (non-hydrogen) atoms. The van der Waals surface area contributed by atoms with Gasteiger partial charge in [0.1, 0.15) is 0 Å². The number of aryl methyl sites for hydroxylation is 1. The van der Waals surface area contributed by atoms with Crippen LogP contribution in [0.4, 0.5) is 0 Å². The molecular formula is C15H19N3. The van der Waals surface area contributed by atoms with E-state index < -0.39 is 0 Å². The van der Waals surface area contributed by atoms with Crippen LogP contribution in [0.15, 0.2) is 36.7 Å². The molecule has 94 valence electrons. The summed E-state index contributed by atoms with van der Waals surface area (Å²) in [6.07, 6.45) is 6.72. The van der Waals surface area contributed by atoms with Crippen molar-refractivity contribution in [2.45, 2.75) is 38.9 Å². The summed E-state index contributed by atoms with van der Waals surface area (Å²) in [5.41, 5.74) is 3.80. The maximum atomic E-state index is 4.33. The van der Waals surface area contributed by atoms with Crippen molar-refractivity contribution in [2.75, 3.05) is 0 Å². The molecule has 0 amide bonds. The standard InChI is InChI=1S/C15H19N3/c1-2-18-11-14(10-17-18)13-5-3-4-12(8-13)9-16-15-6-7-15/h3-5,8,10-11,15-16H,2,6-7,9H2,1H3. The van der Waals surface area contributed by atoms with Gasteiger partial charge in [0, 0.05) is 30.9 Å². The quantitative estimate of drug-likeness (QED) is 0.872. The topological polar surface area (TPSA) is 29.9 Å². The molecule has 1 aromatic heterocycles. The summed E-state index contributed by atoms with van der Waals surface area (Å²) in [5, 5.41) is 7.87. The van der Waals surface area contributed by atoms with E-state index in [1.165, 1.54) is 29.5 Å². The van der Waals surface area contributed by atoms with Crippen LogP contribution < -0.4 is 5.32 Å². The number of aromatic nitrogens is 2. The second-order valence-corrected chi connectivity index (χ2v) is 4.94. The summed E-state index contributed by atoms with van der Waals surface area (Å²) in [7, 11) is 0. The molecule has 0 atom stereocenters. The Labute approximate surface area is 108 Å². The molecule has 2 aromatic rings. The van der Waals surface area contributed by atoms with Crippen molar-refractivity contribution in [1.29, 1.82) is 0 Å². The molecule has 1 saturated carbocycles. The molecule has 0 saturated heterocycles. The van der Waals surface area contributed by atoms with E-state index in [0.29, 0.717) is 0 Å². The van der Waals surface area contributed by atoms with Crippen LogP contribution in [0.2, 0.25) is 0 Å². The van der Waals surface area contributed by atoms with E-state index in [-0.39, 0.29) is 0 Å². The second-order valence-electron chi connectivity index (χ2n) is 4.94. The van der Waals surface area contributed by atoms with Crippen LogP contribution in [0.5, 0.6) is 0 Å². The van der Waals surface area contributed by atoms with Crippen LogP contribution in [-0.2, 0) is 13.1 Å². The smallest absolute Gasteiger partial charge is 0.0568 e. The molecule has 3 nitrogen and oxygen atoms in total. The van der Waals surface area contributed by atoms with Crippen LogP contribution in [0.25, 0.3) is 11.1 Å². The van der Waals surface area contributed by atoms with E-state index in [1.807, 2.05) is 10.9 Å². The third-order valence-corrected chi connectivity index (χ3v) is 3.39. The van der Waals surface area contributed by atoms with Gasteiger partial charge in [-0.1, -0.05) is 18.2 Å². The van der Waals surface area contributed by atoms with Gasteiger partial charge in [0.25, 0.3) is 0 Å². The highest BCUT2D eigenvalue weighted by molar-refractivity contribution is 5.62. The first kappa shape index (κ1) is 11.5. The number of rotatable bonds is 5. The fraction of sp³-hybridized carbons (Fsp3) is 0.400.